The molecular weight excluding hydrogens is 338 g/mol. The summed E-state index contributed by atoms with van der Waals surface area (Å²) in [5.41, 5.74) is 1.48. The second-order valence-electron chi connectivity index (χ2n) is 5.57. The first kappa shape index (κ1) is 18.7. The van der Waals surface area contributed by atoms with Gasteiger partial charge in [-0.05, 0) is 20.3 Å². The molecule has 1 unspecified atom stereocenters. The Hall–Kier alpha value is -2.59. The molecule has 0 aliphatic rings. The van der Waals surface area contributed by atoms with Gasteiger partial charge in [-0.2, -0.15) is 5.26 Å². The van der Waals surface area contributed by atoms with Gasteiger partial charge in [0.15, 0.2) is 5.16 Å². The number of carbonyl (C=O) groups is 1. The van der Waals surface area contributed by atoms with Crippen LogP contribution >= 0.6 is 11.8 Å². The number of H-pyrrole nitrogens is 1. The van der Waals surface area contributed by atoms with Crippen LogP contribution in [0.3, 0.4) is 0 Å². The molecule has 1 N–H and O–H groups in total. The lowest BCUT2D eigenvalue weighted by Crippen LogP contribution is -2.17. The average molecular weight is 357 g/mol. The van der Waals surface area contributed by atoms with Crippen molar-refractivity contribution in [2.45, 2.75) is 38.5 Å². The van der Waals surface area contributed by atoms with E-state index in [1.54, 1.807) is 0 Å². The number of aromatic amines is 1. The maximum Gasteiger partial charge on any atom is 0.316 e. The Balaban J connectivity index is 2.26. The quantitative estimate of drug-likeness (QED) is 0.485. The standard InChI is InChI=1S/C18H19N3O3S/c1-4-12(3)24-15(22)10-25-18-20-16(14(9-19)17(23)21-18)13-7-5-11(2)6-8-13/h5-8,12H,4,10H2,1-3H3,(H,20,21,23). The van der Waals surface area contributed by atoms with Crippen LogP contribution in [0.4, 0.5) is 0 Å². The normalized spacial score (nSPS) is 11.6. The number of rotatable bonds is 6. The molecule has 6 nitrogen and oxygen atoms in total. The van der Waals surface area contributed by atoms with E-state index in [1.807, 2.05) is 51.1 Å². The Kier molecular flexibility index (Phi) is 6.37. The van der Waals surface area contributed by atoms with Crippen molar-refractivity contribution in [3.63, 3.8) is 0 Å². The van der Waals surface area contributed by atoms with E-state index in [1.165, 1.54) is 0 Å². The first-order valence-corrected chi connectivity index (χ1v) is 8.86. The largest absolute Gasteiger partial charge is 0.462 e. The molecule has 7 heteroatoms. The third kappa shape index (κ3) is 4.94. The zero-order valence-electron chi connectivity index (χ0n) is 14.3. The van der Waals surface area contributed by atoms with Crippen LogP contribution < -0.4 is 5.56 Å². The molecule has 1 heterocycles. The smallest absolute Gasteiger partial charge is 0.316 e. The number of nitrogens with zero attached hydrogens (tertiary/aromatic N) is 2. The molecule has 1 aromatic carbocycles. The summed E-state index contributed by atoms with van der Waals surface area (Å²) in [4.78, 5) is 30.8. The highest BCUT2D eigenvalue weighted by atomic mass is 32.2. The Bertz CT molecular complexity index is 853. The Morgan fingerprint density at radius 1 is 1.40 bits per heavy atom. The van der Waals surface area contributed by atoms with E-state index >= 15 is 0 Å². The fraction of sp³-hybridized carbons (Fsp3) is 0.333. The van der Waals surface area contributed by atoms with Gasteiger partial charge in [0.1, 0.15) is 11.6 Å². The molecule has 25 heavy (non-hydrogen) atoms. The van der Waals surface area contributed by atoms with E-state index < -0.39 is 5.56 Å². The Labute approximate surface area is 150 Å². The van der Waals surface area contributed by atoms with E-state index in [4.69, 9.17) is 4.74 Å². The van der Waals surface area contributed by atoms with E-state index in [-0.39, 0.29) is 28.5 Å². The van der Waals surface area contributed by atoms with Crippen LogP contribution in [-0.4, -0.2) is 27.8 Å². The lowest BCUT2D eigenvalue weighted by molar-refractivity contribution is -0.144. The number of hydrogen-bond donors (Lipinski definition) is 1. The fourth-order valence-corrected chi connectivity index (χ4v) is 2.66. The average Bonchev–Trinajstić information content (AvgIpc) is 2.60. The van der Waals surface area contributed by atoms with Crippen molar-refractivity contribution in [3.05, 3.63) is 45.7 Å². The monoisotopic (exact) mass is 357 g/mol. The number of aryl methyl sites for hydroxylation is 1. The number of nitrogens with one attached hydrogen (secondary N) is 1. The van der Waals surface area contributed by atoms with Gasteiger partial charge in [-0.1, -0.05) is 48.5 Å². The summed E-state index contributed by atoms with van der Waals surface area (Å²) in [7, 11) is 0. The second-order valence-corrected chi connectivity index (χ2v) is 6.53. The van der Waals surface area contributed by atoms with Gasteiger partial charge in [0.05, 0.1) is 17.6 Å². The number of thioether (sulfide) groups is 1. The summed E-state index contributed by atoms with van der Waals surface area (Å²) in [5.74, 6) is -0.338. The molecule has 0 aliphatic heterocycles. The van der Waals surface area contributed by atoms with Crippen molar-refractivity contribution in [1.82, 2.24) is 9.97 Å². The SMILES string of the molecule is CCC(C)OC(=O)CSc1nc(-c2ccc(C)cc2)c(C#N)c(=O)[nH]1. The number of esters is 1. The molecule has 0 bridgehead atoms. The fourth-order valence-electron chi connectivity index (χ4n) is 2.01. The number of benzene rings is 1. The maximum atomic E-state index is 12.2. The van der Waals surface area contributed by atoms with Crippen LogP contribution in [0.25, 0.3) is 11.3 Å². The summed E-state index contributed by atoms with van der Waals surface area (Å²) < 4.78 is 5.19. The van der Waals surface area contributed by atoms with E-state index in [0.717, 1.165) is 23.7 Å². The minimum atomic E-state index is -0.522. The van der Waals surface area contributed by atoms with Gasteiger partial charge in [0, 0.05) is 5.56 Å². The molecule has 130 valence electrons. The van der Waals surface area contributed by atoms with Gasteiger partial charge in [0.25, 0.3) is 5.56 Å². The highest BCUT2D eigenvalue weighted by Gasteiger charge is 2.15. The van der Waals surface area contributed by atoms with E-state index in [0.29, 0.717) is 11.3 Å². The second kappa shape index (κ2) is 8.49. The lowest BCUT2D eigenvalue weighted by Gasteiger charge is -2.10. The van der Waals surface area contributed by atoms with Crippen LogP contribution in [0.5, 0.6) is 0 Å². The van der Waals surface area contributed by atoms with Crippen molar-refractivity contribution >= 4 is 17.7 Å². The van der Waals surface area contributed by atoms with Crippen molar-refractivity contribution in [2.24, 2.45) is 0 Å². The molecule has 2 rings (SSSR count). The van der Waals surface area contributed by atoms with Gasteiger partial charge in [-0.15, -0.1) is 0 Å². The summed E-state index contributed by atoms with van der Waals surface area (Å²) >= 11 is 1.08. The van der Waals surface area contributed by atoms with Crippen molar-refractivity contribution in [2.75, 3.05) is 5.75 Å². The minimum Gasteiger partial charge on any atom is -0.462 e. The molecule has 1 atom stereocenters. The third-order valence-electron chi connectivity index (χ3n) is 3.57. The predicted octanol–water partition coefficient (Wildman–Crippen LogP) is 3.05. The molecule has 0 aliphatic carbocycles. The van der Waals surface area contributed by atoms with Crippen LogP contribution in [0.15, 0.2) is 34.2 Å². The number of hydrogen-bond acceptors (Lipinski definition) is 6. The van der Waals surface area contributed by atoms with Crippen molar-refractivity contribution in [3.8, 4) is 17.3 Å². The zero-order chi connectivity index (χ0) is 18.4. The van der Waals surface area contributed by atoms with Gasteiger partial charge >= 0.3 is 5.97 Å². The minimum absolute atomic E-state index is 0.0342. The number of carbonyl (C=O) groups excluding carboxylic acids is 1. The summed E-state index contributed by atoms with van der Waals surface area (Å²) in [6, 6.07) is 9.28. The molecule has 0 saturated heterocycles. The van der Waals surface area contributed by atoms with Gasteiger partial charge in [0.2, 0.25) is 0 Å². The van der Waals surface area contributed by atoms with Gasteiger partial charge in [-0.3, -0.25) is 9.59 Å². The summed E-state index contributed by atoms with van der Waals surface area (Å²) in [5, 5.41) is 9.54. The molecule has 0 saturated carbocycles. The molecule has 0 amide bonds. The topological polar surface area (TPSA) is 95.8 Å². The lowest BCUT2D eigenvalue weighted by atomic mass is 10.1. The number of nitriles is 1. The van der Waals surface area contributed by atoms with E-state index in [9.17, 15) is 14.9 Å². The van der Waals surface area contributed by atoms with Crippen LogP contribution in [0, 0.1) is 18.3 Å². The van der Waals surface area contributed by atoms with Crippen molar-refractivity contribution < 1.29 is 9.53 Å². The van der Waals surface area contributed by atoms with Gasteiger partial charge < -0.3 is 9.72 Å². The van der Waals surface area contributed by atoms with Crippen LogP contribution in [-0.2, 0) is 9.53 Å². The Morgan fingerprint density at radius 3 is 2.68 bits per heavy atom. The molecule has 1 aromatic heterocycles. The summed E-state index contributed by atoms with van der Waals surface area (Å²) in [6.07, 6.45) is 0.587. The third-order valence-corrected chi connectivity index (χ3v) is 4.42. The molecule has 2 aromatic rings. The predicted molar refractivity (Wildman–Crippen MR) is 96.3 cm³/mol. The van der Waals surface area contributed by atoms with Crippen LogP contribution in [0.1, 0.15) is 31.4 Å². The first-order chi connectivity index (χ1) is 11.9. The highest BCUT2D eigenvalue weighted by molar-refractivity contribution is 7.99. The highest BCUT2D eigenvalue weighted by Crippen LogP contribution is 2.22. The summed E-state index contributed by atoms with van der Waals surface area (Å²) in [6.45, 7) is 5.70. The Morgan fingerprint density at radius 2 is 2.08 bits per heavy atom. The molecular formula is C18H19N3O3S. The first-order valence-electron chi connectivity index (χ1n) is 7.88. The van der Waals surface area contributed by atoms with Gasteiger partial charge in [-0.25, -0.2) is 4.98 Å². The molecule has 0 spiro atoms. The molecule has 0 radical (unpaired) electrons. The van der Waals surface area contributed by atoms with E-state index in [2.05, 4.69) is 9.97 Å². The number of ether oxygens (including phenoxy) is 1. The molecule has 0 fully saturated rings. The zero-order valence-corrected chi connectivity index (χ0v) is 15.1. The number of aromatic nitrogens is 2. The maximum absolute atomic E-state index is 12.2. The van der Waals surface area contributed by atoms with Crippen molar-refractivity contribution in [1.29, 1.82) is 5.26 Å². The van der Waals surface area contributed by atoms with Crippen LogP contribution in [0.2, 0.25) is 0 Å².